The van der Waals surface area contributed by atoms with E-state index in [4.69, 9.17) is 4.74 Å². The molecular formula is C58H34O. The molecule has 0 N–H and O–H groups in total. The van der Waals surface area contributed by atoms with Crippen LogP contribution in [0.3, 0.4) is 0 Å². The zero-order valence-corrected chi connectivity index (χ0v) is 32.0. The number of hydrogen-bond donors (Lipinski definition) is 0. The first-order chi connectivity index (χ1) is 29.2. The van der Waals surface area contributed by atoms with E-state index in [9.17, 15) is 0 Å². The molecule has 4 aliphatic rings. The molecule has 1 atom stereocenters. The molecule has 10 aromatic rings. The summed E-state index contributed by atoms with van der Waals surface area (Å²) in [4.78, 5) is 0. The Kier molecular flexibility index (Phi) is 5.96. The first kappa shape index (κ1) is 31.6. The van der Waals surface area contributed by atoms with Gasteiger partial charge in [0.1, 0.15) is 11.5 Å². The summed E-state index contributed by atoms with van der Waals surface area (Å²) in [6, 6.07) is 77.4. The summed E-state index contributed by atoms with van der Waals surface area (Å²) in [5, 5.41) is 4.92. The second kappa shape index (κ2) is 11.1. The number of rotatable bonds is 1. The maximum Gasteiger partial charge on any atom is 0.132 e. The minimum Gasteiger partial charge on any atom is -0.457 e. The minimum atomic E-state index is -0.583. The molecule has 14 rings (SSSR count). The van der Waals surface area contributed by atoms with Gasteiger partial charge in [0.2, 0.25) is 0 Å². The smallest absolute Gasteiger partial charge is 0.132 e. The van der Waals surface area contributed by atoms with E-state index in [0.717, 1.165) is 11.5 Å². The molecule has 10 aromatic carbocycles. The molecule has 1 heterocycles. The number of benzene rings is 10. The van der Waals surface area contributed by atoms with Crippen molar-refractivity contribution in [1.82, 2.24) is 0 Å². The molecule has 1 unspecified atom stereocenters. The normalized spacial score (nSPS) is 16.5. The van der Waals surface area contributed by atoms with Crippen LogP contribution < -0.4 is 4.74 Å². The highest BCUT2D eigenvalue weighted by Gasteiger charge is 2.54. The summed E-state index contributed by atoms with van der Waals surface area (Å²) in [5.74, 6) is 1.81. The molecule has 2 spiro atoms. The third kappa shape index (κ3) is 3.77. The maximum absolute atomic E-state index is 7.06. The van der Waals surface area contributed by atoms with Gasteiger partial charge in [-0.05, 0) is 136 Å². The van der Waals surface area contributed by atoms with Crippen LogP contribution in [0.5, 0.6) is 11.5 Å². The molecule has 3 aliphatic carbocycles. The lowest BCUT2D eigenvalue weighted by Crippen LogP contribution is -2.32. The maximum atomic E-state index is 7.06. The third-order valence-corrected chi connectivity index (χ3v) is 14.1. The second-order valence-corrected chi connectivity index (χ2v) is 16.7. The van der Waals surface area contributed by atoms with Gasteiger partial charge in [-0.15, -0.1) is 0 Å². The van der Waals surface area contributed by atoms with Gasteiger partial charge in [0.15, 0.2) is 0 Å². The van der Waals surface area contributed by atoms with Crippen molar-refractivity contribution in [2.24, 2.45) is 0 Å². The molecule has 0 bridgehead atoms. The Bertz CT molecular complexity index is 3450. The van der Waals surface area contributed by atoms with Gasteiger partial charge in [0.25, 0.3) is 0 Å². The van der Waals surface area contributed by atoms with E-state index < -0.39 is 10.8 Å². The van der Waals surface area contributed by atoms with Crippen molar-refractivity contribution >= 4 is 21.5 Å². The monoisotopic (exact) mass is 746 g/mol. The van der Waals surface area contributed by atoms with Gasteiger partial charge >= 0.3 is 0 Å². The third-order valence-electron chi connectivity index (χ3n) is 14.1. The standard InChI is InChI=1S/C58H34O/c1-2-15-36-31-51-46(30-35(36)14-1)44-21-8-12-27-50(44)58(51)49-26-11-7-20-43(49)45-23-13-22-40(56(45)58)39-28-29-54-52(33-39)57(53-32-37-16-3-4-17-38(37)34-55(53)59-54)47-24-9-5-18-41(47)42-19-6-10-25-48(42)57/h1-34H. The Balaban J connectivity index is 1.09. The minimum absolute atomic E-state index is 0.499. The van der Waals surface area contributed by atoms with Crippen molar-refractivity contribution in [3.63, 3.8) is 0 Å². The molecule has 59 heavy (non-hydrogen) atoms. The average molecular weight is 747 g/mol. The lowest BCUT2D eigenvalue weighted by atomic mass is 9.65. The first-order valence-corrected chi connectivity index (χ1v) is 20.7. The van der Waals surface area contributed by atoms with Crippen molar-refractivity contribution in [2.75, 3.05) is 0 Å². The largest absolute Gasteiger partial charge is 0.457 e. The molecule has 0 radical (unpaired) electrons. The second-order valence-electron chi connectivity index (χ2n) is 16.7. The summed E-state index contributed by atoms with van der Waals surface area (Å²) in [6.07, 6.45) is 0. The highest BCUT2D eigenvalue weighted by molar-refractivity contribution is 6.02. The summed E-state index contributed by atoms with van der Waals surface area (Å²) in [7, 11) is 0. The van der Waals surface area contributed by atoms with Gasteiger partial charge in [0.05, 0.1) is 10.8 Å². The van der Waals surface area contributed by atoms with Crippen molar-refractivity contribution in [1.29, 1.82) is 0 Å². The fourth-order valence-electron chi connectivity index (χ4n) is 11.9. The van der Waals surface area contributed by atoms with Crippen LogP contribution >= 0.6 is 0 Å². The van der Waals surface area contributed by atoms with Gasteiger partial charge in [-0.1, -0.05) is 170 Å². The van der Waals surface area contributed by atoms with Crippen molar-refractivity contribution in [2.45, 2.75) is 10.8 Å². The fraction of sp³-hybridized carbons (Fsp3) is 0.0345. The topological polar surface area (TPSA) is 9.23 Å². The molecule has 0 fully saturated rings. The van der Waals surface area contributed by atoms with Gasteiger partial charge in [-0.3, -0.25) is 0 Å². The molecule has 0 saturated heterocycles. The Hall–Kier alpha value is -7.48. The fourth-order valence-corrected chi connectivity index (χ4v) is 11.9. The van der Waals surface area contributed by atoms with Crippen molar-refractivity contribution in [3.05, 3.63) is 251 Å². The van der Waals surface area contributed by atoms with E-state index in [1.54, 1.807) is 0 Å². The van der Waals surface area contributed by atoms with Gasteiger partial charge in [0, 0.05) is 11.1 Å². The van der Waals surface area contributed by atoms with E-state index in [2.05, 4.69) is 206 Å². The molecular weight excluding hydrogens is 713 g/mol. The first-order valence-electron chi connectivity index (χ1n) is 20.7. The average Bonchev–Trinajstić information content (AvgIpc) is 3.88. The predicted molar refractivity (Wildman–Crippen MR) is 241 cm³/mol. The van der Waals surface area contributed by atoms with Crippen LogP contribution in [0.15, 0.2) is 206 Å². The van der Waals surface area contributed by atoms with E-state index in [1.807, 2.05) is 0 Å². The van der Waals surface area contributed by atoms with E-state index >= 15 is 0 Å². The van der Waals surface area contributed by atoms with E-state index in [0.29, 0.717) is 0 Å². The Morgan fingerprint density at radius 3 is 1.32 bits per heavy atom. The zero-order chi connectivity index (χ0) is 38.5. The molecule has 1 heteroatoms. The zero-order valence-electron chi connectivity index (χ0n) is 32.0. The number of hydrogen-bond acceptors (Lipinski definition) is 1. The Labute approximate surface area is 342 Å². The summed E-state index contributed by atoms with van der Waals surface area (Å²) in [5.41, 5.74) is 19.5. The van der Waals surface area contributed by atoms with Crippen LogP contribution in [0, 0.1) is 0 Å². The van der Waals surface area contributed by atoms with E-state index in [1.165, 1.54) is 111 Å². The summed E-state index contributed by atoms with van der Waals surface area (Å²) < 4.78 is 7.06. The Morgan fingerprint density at radius 2 is 0.695 bits per heavy atom. The van der Waals surface area contributed by atoms with Crippen molar-refractivity contribution in [3.8, 4) is 56.0 Å². The van der Waals surface area contributed by atoms with Crippen LogP contribution in [0.2, 0.25) is 0 Å². The summed E-state index contributed by atoms with van der Waals surface area (Å²) >= 11 is 0. The van der Waals surface area contributed by atoms with Gasteiger partial charge < -0.3 is 4.74 Å². The van der Waals surface area contributed by atoms with Gasteiger partial charge in [-0.2, -0.15) is 0 Å². The highest BCUT2D eigenvalue weighted by Crippen LogP contribution is 2.66. The van der Waals surface area contributed by atoms with Crippen molar-refractivity contribution < 1.29 is 4.74 Å². The van der Waals surface area contributed by atoms with Crippen LogP contribution in [-0.2, 0) is 10.8 Å². The van der Waals surface area contributed by atoms with Crippen LogP contribution in [-0.4, -0.2) is 0 Å². The predicted octanol–water partition coefficient (Wildman–Crippen LogP) is 14.5. The molecule has 1 aliphatic heterocycles. The highest BCUT2D eigenvalue weighted by atomic mass is 16.5. The number of ether oxygens (including phenoxy) is 1. The molecule has 0 aromatic heterocycles. The molecule has 0 amide bonds. The molecule has 1 nitrogen and oxygen atoms in total. The molecule has 272 valence electrons. The number of fused-ring (bicyclic) bond motifs is 21. The van der Waals surface area contributed by atoms with Crippen LogP contribution in [0.4, 0.5) is 0 Å². The SMILES string of the molecule is c1ccc2c(c1)-c1ccccc1C21c2cc(-c3cccc4c3C3(c5ccccc5-c5cc6ccccc6cc53)c3ccccc3-4)ccc2Oc2cc3ccccc3cc21. The van der Waals surface area contributed by atoms with E-state index in [-0.39, 0.29) is 0 Å². The summed E-state index contributed by atoms with van der Waals surface area (Å²) in [6.45, 7) is 0. The van der Waals surface area contributed by atoms with Crippen LogP contribution in [0.25, 0.3) is 66.1 Å². The lowest BCUT2D eigenvalue weighted by molar-refractivity contribution is 0.437. The molecule has 0 saturated carbocycles. The van der Waals surface area contributed by atoms with Crippen LogP contribution in [0.1, 0.15) is 44.5 Å². The Morgan fingerprint density at radius 1 is 0.254 bits per heavy atom. The lowest BCUT2D eigenvalue weighted by Gasteiger charge is -2.40. The van der Waals surface area contributed by atoms with Gasteiger partial charge in [-0.25, -0.2) is 0 Å². The quantitative estimate of drug-likeness (QED) is 0.163.